The van der Waals surface area contributed by atoms with E-state index in [-0.39, 0.29) is 17.7 Å². The van der Waals surface area contributed by atoms with Gasteiger partial charge in [0.1, 0.15) is 12.4 Å². The third-order valence-corrected chi connectivity index (χ3v) is 4.78. The van der Waals surface area contributed by atoms with Crippen molar-refractivity contribution in [2.24, 2.45) is 0 Å². The highest BCUT2D eigenvalue weighted by Gasteiger charge is 2.18. The van der Waals surface area contributed by atoms with Crippen LogP contribution in [0.4, 0.5) is 0 Å². The quantitative estimate of drug-likeness (QED) is 0.525. The maximum Gasteiger partial charge on any atom is 0.335 e. The Kier molecular flexibility index (Phi) is 6.92. The molecule has 0 saturated carbocycles. The molecule has 1 atom stereocenters. The van der Waals surface area contributed by atoms with Gasteiger partial charge in [0.25, 0.3) is 5.91 Å². The average Bonchev–Trinajstić information content (AvgIpc) is 2.72. The summed E-state index contributed by atoms with van der Waals surface area (Å²) in [4.78, 5) is 28.3. The lowest BCUT2D eigenvalue weighted by molar-refractivity contribution is 0.0696. The van der Waals surface area contributed by atoms with Crippen molar-refractivity contribution in [3.05, 3.63) is 93.2 Å². The molecule has 154 valence electrons. The minimum atomic E-state index is -1.03. The third kappa shape index (κ3) is 5.49. The maximum absolute atomic E-state index is 12.9. The van der Waals surface area contributed by atoms with Crippen LogP contribution in [0.25, 0.3) is 0 Å². The molecule has 0 aliphatic carbocycles. The highest BCUT2D eigenvalue weighted by atomic mass is 35.5. The Labute approximate surface area is 183 Å². The summed E-state index contributed by atoms with van der Waals surface area (Å²) in [5.74, 6) is -0.887. The number of carbonyl (C=O) groups is 2. The fourth-order valence-corrected chi connectivity index (χ4v) is 3.12. The molecule has 6 nitrogen and oxygen atoms in total. The molecule has 0 unspecified atom stereocenters. The van der Waals surface area contributed by atoms with E-state index in [4.69, 9.17) is 33.0 Å². The molecule has 0 saturated heterocycles. The molecule has 0 bridgehead atoms. The Morgan fingerprint density at radius 3 is 2.60 bits per heavy atom. The molecule has 30 heavy (non-hydrogen) atoms. The van der Waals surface area contributed by atoms with Crippen LogP contribution in [0, 0.1) is 0 Å². The van der Waals surface area contributed by atoms with Crippen molar-refractivity contribution in [1.29, 1.82) is 0 Å². The van der Waals surface area contributed by atoms with Crippen molar-refractivity contribution in [2.45, 2.75) is 19.6 Å². The number of carboxylic acid groups (broad SMARTS) is 1. The van der Waals surface area contributed by atoms with Crippen molar-refractivity contribution in [1.82, 2.24) is 10.3 Å². The number of ether oxygens (including phenoxy) is 1. The highest BCUT2D eigenvalue weighted by Crippen LogP contribution is 2.21. The van der Waals surface area contributed by atoms with Gasteiger partial charge >= 0.3 is 5.97 Å². The monoisotopic (exact) mass is 444 g/mol. The number of nitrogens with one attached hydrogen (secondary N) is 1. The Hall–Kier alpha value is -3.09. The smallest absolute Gasteiger partial charge is 0.335 e. The minimum Gasteiger partial charge on any atom is -0.487 e. The van der Waals surface area contributed by atoms with Gasteiger partial charge in [0, 0.05) is 11.2 Å². The van der Waals surface area contributed by atoms with Gasteiger partial charge in [-0.05, 0) is 48.9 Å². The maximum atomic E-state index is 12.9. The standard InChI is InChI=1S/C22H18Cl2N2O4/c1-13(14-4-2-5-15(8-14)22(28)29)26-21(27)19-10-17(24)11-25-20(19)12-30-18-7-3-6-16(23)9-18/h2-11,13H,12H2,1H3,(H,26,27)(H,28,29)/t13-/m0/s1. The fourth-order valence-electron chi connectivity index (χ4n) is 2.79. The molecular weight excluding hydrogens is 427 g/mol. The molecule has 3 rings (SSSR count). The first-order valence-electron chi connectivity index (χ1n) is 9.00. The van der Waals surface area contributed by atoms with Crippen LogP contribution in [-0.2, 0) is 6.61 Å². The number of pyridine rings is 1. The summed E-state index contributed by atoms with van der Waals surface area (Å²) in [5.41, 5.74) is 1.48. The molecule has 1 amide bonds. The van der Waals surface area contributed by atoms with Gasteiger partial charge in [0.2, 0.25) is 0 Å². The zero-order valence-corrected chi connectivity index (χ0v) is 17.4. The summed E-state index contributed by atoms with van der Waals surface area (Å²) in [6, 6.07) is 14.4. The van der Waals surface area contributed by atoms with Crippen LogP contribution in [0.2, 0.25) is 10.0 Å². The van der Waals surface area contributed by atoms with Gasteiger partial charge in [-0.3, -0.25) is 9.78 Å². The number of carbonyl (C=O) groups excluding carboxylic acids is 1. The van der Waals surface area contributed by atoms with E-state index in [1.54, 1.807) is 43.3 Å². The second-order valence-electron chi connectivity index (χ2n) is 6.52. The fraction of sp³-hybridized carbons (Fsp3) is 0.136. The number of hydrogen-bond donors (Lipinski definition) is 2. The van der Waals surface area contributed by atoms with Gasteiger partial charge in [-0.25, -0.2) is 4.79 Å². The van der Waals surface area contributed by atoms with Crippen LogP contribution in [0.1, 0.15) is 44.9 Å². The number of aromatic nitrogens is 1. The number of benzene rings is 2. The first-order valence-corrected chi connectivity index (χ1v) is 9.76. The van der Waals surface area contributed by atoms with E-state index in [9.17, 15) is 9.59 Å². The molecule has 0 aliphatic rings. The van der Waals surface area contributed by atoms with Crippen LogP contribution >= 0.6 is 23.2 Å². The van der Waals surface area contributed by atoms with Gasteiger partial charge in [0.15, 0.2) is 0 Å². The zero-order valence-electron chi connectivity index (χ0n) is 15.9. The van der Waals surface area contributed by atoms with E-state index < -0.39 is 17.9 Å². The molecule has 0 fully saturated rings. The third-order valence-electron chi connectivity index (χ3n) is 4.33. The Morgan fingerprint density at radius 1 is 1.10 bits per heavy atom. The van der Waals surface area contributed by atoms with Gasteiger partial charge in [-0.2, -0.15) is 0 Å². The van der Waals surface area contributed by atoms with Crippen molar-refractivity contribution >= 4 is 35.1 Å². The summed E-state index contributed by atoms with van der Waals surface area (Å²) in [5, 5.41) is 12.8. The first-order chi connectivity index (χ1) is 14.3. The summed E-state index contributed by atoms with van der Waals surface area (Å²) in [6.07, 6.45) is 1.44. The molecule has 0 radical (unpaired) electrons. The lowest BCUT2D eigenvalue weighted by Gasteiger charge is -2.16. The number of nitrogens with zero attached hydrogens (tertiary/aromatic N) is 1. The molecule has 8 heteroatoms. The molecule has 2 N–H and O–H groups in total. The largest absolute Gasteiger partial charge is 0.487 e. The number of rotatable bonds is 7. The van der Waals surface area contributed by atoms with Crippen LogP contribution in [0.5, 0.6) is 5.75 Å². The molecule has 2 aromatic carbocycles. The van der Waals surface area contributed by atoms with Crippen molar-refractivity contribution in [2.75, 3.05) is 0 Å². The summed E-state index contributed by atoms with van der Waals surface area (Å²) in [6.45, 7) is 1.81. The Balaban J connectivity index is 1.77. The first kappa shape index (κ1) is 21.6. The van der Waals surface area contributed by atoms with Gasteiger partial charge in [-0.1, -0.05) is 41.4 Å². The van der Waals surface area contributed by atoms with Crippen molar-refractivity contribution in [3.8, 4) is 5.75 Å². The zero-order chi connectivity index (χ0) is 21.7. The molecule has 1 aromatic heterocycles. The SMILES string of the molecule is C[C@H](NC(=O)c1cc(Cl)cnc1COc1cccc(Cl)c1)c1cccc(C(=O)O)c1. The van der Waals surface area contributed by atoms with Crippen LogP contribution in [0.15, 0.2) is 60.8 Å². The predicted molar refractivity (Wildman–Crippen MR) is 114 cm³/mol. The van der Waals surface area contributed by atoms with Gasteiger partial charge in [-0.15, -0.1) is 0 Å². The minimum absolute atomic E-state index is 0.0448. The number of hydrogen-bond acceptors (Lipinski definition) is 4. The van der Waals surface area contributed by atoms with Crippen molar-refractivity contribution < 1.29 is 19.4 Å². The number of amides is 1. The van der Waals surface area contributed by atoms with Gasteiger partial charge < -0.3 is 15.2 Å². The molecule has 1 heterocycles. The normalized spacial score (nSPS) is 11.6. The number of halogens is 2. The van der Waals surface area contributed by atoms with Gasteiger partial charge in [0.05, 0.1) is 27.9 Å². The van der Waals surface area contributed by atoms with E-state index in [1.165, 1.54) is 24.4 Å². The predicted octanol–water partition coefficient (Wildman–Crippen LogP) is 5.16. The molecule has 0 aliphatic heterocycles. The highest BCUT2D eigenvalue weighted by molar-refractivity contribution is 6.31. The Morgan fingerprint density at radius 2 is 1.87 bits per heavy atom. The number of carboxylic acids is 1. The van der Waals surface area contributed by atoms with Crippen LogP contribution in [-0.4, -0.2) is 22.0 Å². The van der Waals surface area contributed by atoms with E-state index in [2.05, 4.69) is 10.3 Å². The van der Waals surface area contributed by atoms with Crippen LogP contribution in [0.3, 0.4) is 0 Å². The summed E-state index contributed by atoms with van der Waals surface area (Å²) in [7, 11) is 0. The average molecular weight is 445 g/mol. The Bertz CT molecular complexity index is 1090. The van der Waals surface area contributed by atoms with E-state index in [0.717, 1.165) is 0 Å². The number of aromatic carboxylic acids is 1. The molecular formula is C22H18Cl2N2O4. The van der Waals surface area contributed by atoms with Crippen molar-refractivity contribution in [3.63, 3.8) is 0 Å². The van der Waals surface area contributed by atoms with Crippen LogP contribution < -0.4 is 10.1 Å². The second kappa shape index (κ2) is 9.61. The second-order valence-corrected chi connectivity index (χ2v) is 7.39. The van der Waals surface area contributed by atoms with E-state index >= 15 is 0 Å². The summed E-state index contributed by atoms with van der Waals surface area (Å²) < 4.78 is 5.70. The van der Waals surface area contributed by atoms with E-state index in [1.807, 2.05) is 0 Å². The topological polar surface area (TPSA) is 88.5 Å². The molecule has 0 spiro atoms. The molecule has 3 aromatic rings. The van der Waals surface area contributed by atoms with E-state index in [0.29, 0.717) is 27.1 Å². The lowest BCUT2D eigenvalue weighted by atomic mass is 10.0. The lowest BCUT2D eigenvalue weighted by Crippen LogP contribution is -2.28. The summed E-state index contributed by atoms with van der Waals surface area (Å²) >= 11 is 12.0.